The lowest BCUT2D eigenvalue weighted by molar-refractivity contribution is -0.156. The van der Waals surface area contributed by atoms with Crippen LogP contribution < -0.4 is 4.74 Å². The maximum Gasteiger partial charge on any atom is 0.399 e. The van der Waals surface area contributed by atoms with Gasteiger partial charge in [0, 0.05) is 34.1 Å². The van der Waals surface area contributed by atoms with Gasteiger partial charge in [0.15, 0.2) is 0 Å². The van der Waals surface area contributed by atoms with Crippen LogP contribution in [0.4, 0.5) is 22.0 Å². The number of halogens is 6. The topological polar surface area (TPSA) is 79.7 Å². The number of alkyl halides is 5. The lowest BCUT2D eigenvalue weighted by atomic mass is 9.80. The molecule has 2 N–H and O–H groups in total. The molecule has 0 saturated heterocycles. The van der Waals surface area contributed by atoms with Crippen molar-refractivity contribution in [2.45, 2.75) is 37.2 Å². The van der Waals surface area contributed by atoms with Crippen LogP contribution in [0.5, 0.6) is 5.88 Å². The Morgan fingerprint density at radius 3 is 2.36 bits per heavy atom. The number of hydrogen-bond donors (Lipinski definition) is 2. The van der Waals surface area contributed by atoms with E-state index in [9.17, 15) is 26.5 Å². The van der Waals surface area contributed by atoms with Gasteiger partial charge in [0.1, 0.15) is 6.10 Å². The first-order valence-electron chi connectivity index (χ1n) is 8.03. The second kappa shape index (κ2) is 7.19. The highest BCUT2D eigenvalue weighted by Crippen LogP contribution is 2.60. The molecular formula is C16H14BrF5NO4P. The Hall–Kier alpha value is -1.29. The summed E-state index contributed by atoms with van der Waals surface area (Å²) < 4.78 is 81.6. The summed E-state index contributed by atoms with van der Waals surface area (Å²) in [7, 11) is -5.75. The molecule has 12 heteroatoms. The van der Waals surface area contributed by atoms with E-state index >= 15 is 0 Å². The fraction of sp³-hybridized carbons (Fsp3) is 0.438. The summed E-state index contributed by atoms with van der Waals surface area (Å²) in [5.41, 5.74) is -5.29. The summed E-state index contributed by atoms with van der Waals surface area (Å²) in [6.07, 6.45) is -3.83. The van der Waals surface area contributed by atoms with Crippen molar-refractivity contribution in [2.24, 2.45) is 5.92 Å². The van der Waals surface area contributed by atoms with Crippen LogP contribution in [0.3, 0.4) is 0 Å². The molecule has 1 aliphatic carbocycles. The van der Waals surface area contributed by atoms with E-state index in [2.05, 4.69) is 20.9 Å². The number of hydrogen-bond acceptors (Lipinski definition) is 3. The average Bonchev–Trinajstić information content (AvgIpc) is 2.50. The summed E-state index contributed by atoms with van der Waals surface area (Å²) in [6, 6.07) is 3.46. The number of nitrogens with zero attached hydrogens (tertiary/aromatic N) is 1. The number of ether oxygens (including phenoxy) is 1. The first kappa shape index (κ1) is 21.4. The van der Waals surface area contributed by atoms with E-state index in [4.69, 9.17) is 14.5 Å². The normalized spacial score (nSPS) is 20.9. The lowest BCUT2D eigenvalue weighted by Crippen LogP contribution is -2.36. The molecule has 2 aromatic rings. The Morgan fingerprint density at radius 2 is 1.79 bits per heavy atom. The Labute approximate surface area is 164 Å². The Balaban J connectivity index is 1.80. The van der Waals surface area contributed by atoms with Crippen molar-refractivity contribution in [1.29, 1.82) is 0 Å². The van der Waals surface area contributed by atoms with Gasteiger partial charge in [-0.15, -0.1) is 0 Å². The Kier molecular flexibility index (Phi) is 5.50. The molecule has 0 spiro atoms. The zero-order valence-electron chi connectivity index (χ0n) is 14.0. The smallest absolute Gasteiger partial charge is 0.399 e. The van der Waals surface area contributed by atoms with Gasteiger partial charge in [-0.1, -0.05) is 15.9 Å². The maximum absolute atomic E-state index is 14.1. The summed E-state index contributed by atoms with van der Waals surface area (Å²) >= 11 is 2.88. The Bertz CT molecular complexity index is 943. The van der Waals surface area contributed by atoms with Crippen molar-refractivity contribution >= 4 is 34.3 Å². The second-order valence-corrected chi connectivity index (χ2v) is 9.19. The largest absolute Gasteiger partial charge is 0.474 e. The van der Waals surface area contributed by atoms with Crippen molar-refractivity contribution in [2.75, 3.05) is 0 Å². The molecule has 0 bridgehead atoms. The highest BCUT2D eigenvalue weighted by Gasteiger charge is 2.51. The molecule has 1 heterocycles. The summed E-state index contributed by atoms with van der Waals surface area (Å²) in [4.78, 5) is 21.9. The third-order valence-electron chi connectivity index (χ3n) is 4.47. The number of fused-ring (bicyclic) bond motifs is 1. The van der Waals surface area contributed by atoms with E-state index in [0.29, 0.717) is 5.39 Å². The van der Waals surface area contributed by atoms with Gasteiger partial charge in [-0.25, -0.2) is 4.98 Å². The van der Waals surface area contributed by atoms with Crippen LogP contribution in [-0.2, 0) is 10.2 Å². The van der Waals surface area contributed by atoms with Crippen LogP contribution in [0.15, 0.2) is 28.9 Å². The van der Waals surface area contributed by atoms with Crippen LogP contribution in [0.1, 0.15) is 24.8 Å². The summed E-state index contributed by atoms with van der Waals surface area (Å²) in [6.45, 7) is 0. The van der Waals surface area contributed by atoms with Crippen LogP contribution in [0, 0.1) is 5.92 Å². The molecule has 1 saturated carbocycles. The molecule has 28 heavy (non-hydrogen) atoms. The van der Waals surface area contributed by atoms with Gasteiger partial charge in [0.05, 0.1) is 0 Å². The van der Waals surface area contributed by atoms with Crippen LogP contribution in [-0.4, -0.2) is 27.1 Å². The molecule has 0 radical (unpaired) electrons. The standard InChI is InChI=1S/C16H14BrF5NO4P/c17-13-4-10-7-23-14(27-11-1-8(2-11)6-15(18,19)20)5-9(10)3-12(13)16(21,22)28(24,25)26/h3-5,7-8,11H,1-2,6H2,(H2,24,25,26). The van der Waals surface area contributed by atoms with Crippen molar-refractivity contribution in [1.82, 2.24) is 4.98 Å². The van der Waals surface area contributed by atoms with Crippen molar-refractivity contribution < 1.29 is 41.0 Å². The highest BCUT2D eigenvalue weighted by atomic mass is 79.9. The van der Waals surface area contributed by atoms with Crippen LogP contribution in [0.25, 0.3) is 10.8 Å². The molecule has 0 amide bonds. The number of rotatable bonds is 5. The predicted molar refractivity (Wildman–Crippen MR) is 93.2 cm³/mol. The van der Waals surface area contributed by atoms with Gasteiger partial charge < -0.3 is 14.5 Å². The monoisotopic (exact) mass is 489 g/mol. The second-order valence-electron chi connectivity index (χ2n) is 6.68. The minimum absolute atomic E-state index is 0.0377. The van der Waals surface area contributed by atoms with Crippen molar-refractivity contribution in [3.05, 3.63) is 34.4 Å². The molecule has 5 nitrogen and oxygen atoms in total. The van der Waals surface area contributed by atoms with E-state index in [1.807, 2.05) is 0 Å². The third kappa shape index (κ3) is 4.48. The van der Waals surface area contributed by atoms with Crippen LogP contribution >= 0.6 is 23.5 Å². The third-order valence-corrected chi connectivity index (χ3v) is 6.10. The van der Waals surface area contributed by atoms with Gasteiger partial charge in [0.25, 0.3) is 0 Å². The number of pyridine rings is 1. The molecule has 0 atom stereocenters. The van der Waals surface area contributed by atoms with E-state index in [1.165, 1.54) is 18.3 Å². The summed E-state index contributed by atoms with van der Waals surface area (Å²) in [5, 5.41) is 0.607. The van der Waals surface area contributed by atoms with Gasteiger partial charge in [-0.3, -0.25) is 4.57 Å². The fourth-order valence-corrected chi connectivity index (χ4v) is 4.30. The highest BCUT2D eigenvalue weighted by molar-refractivity contribution is 9.10. The number of aromatic nitrogens is 1. The Morgan fingerprint density at radius 1 is 1.14 bits per heavy atom. The van der Waals surface area contributed by atoms with E-state index in [1.54, 1.807) is 0 Å². The van der Waals surface area contributed by atoms with E-state index in [-0.39, 0.29) is 28.6 Å². The molecule has 1 aromatic carbocycles. The lowest BCUT2D eigenvalue weighted by Gasteiger charge is -2.35. The van der Waals surface area contributed by atoms with E-state index in [0.717, 1.165) is 6.07 Å². The zero-order valence-corrected chi connectivity index (χ0v) is 16.4. The van der Waals surface area contributed by atoms with Gasteiger partial charge >= 0.3 is 19.4 Å². The average molecular weight is 490 g/mol. The first-order chi connectivity index (χ1) is 12.8. The molecule has 1 aliphatic rings. The van der Waals surface area contributed by atoms with E-state index < -0.39 is 43.4 Å². The molecule has 0 aliphatic heterocycles. The molecule has 1 aromatic heterocycles. The molecular weight excluding hydrogens is 476 g/mol. The molecule has 0 unspecified atom stereocenters. The SMILES string of the molecule is O=P(O)(O)C(F)(F)c1cc2cc(OC3CC(CC(F)(F)F)C3)ncc2cc1Br. The number of benzene rings is 1. The van der Waals surface area contributed by atoms with Crippen molar-refractivity contribution in [3.8, 4) is 5.88 Å². The summed E-state index contributed by atoms with van der Waals surface area (Å²) in [5.74, 6) is -0.481. The maximum atomic E-state index is 14.1. The quantitative estimate of drug-likeness (QED) is 0.438. The first-order valence-corrected chi connectivity index (χ1v) is 10.4. The minimum atomic E-state index is -5.75. The molecule has 154 valence electrons. The minimum Gasteiger partial charge on any atom is -0.474 e. The van der Waals surface area contributed by atoms with Crippen LogP contribution in [0.2, 0.25) is 0 Å². The zero-order chi connectivity index (χ0) is 20.9. The molecule has 1 fully saturated rings. The van der Waals surface area contributed by atoms with Gasteiger partial charge in [0.2, 0.25) is 5.88 Å². The van der Waals surface area contributed by atoms with Gasteiger partial charge in [-0.05, 0) is 36.3 Å². The molecule has 3 rings (SSSR count). The predicted octanol–water partition coefficient (Wildman–Crippen LogP) is 5.33. The fourth-order valence-electron chi connectivity index (χ4n) is 3.03. The van der Waals surface area contributed by atoms with Crippen molar-refractivity contribution in [3.63, 3.8) is 0 Å². The van der Waals surface area contributed by atoms with Gasteiger partial charge in [-0.2, -0.15) is 22.0 Å².